The average molecular weight is 482 g/mol. The second-order valence-corrected chi connectivity index (χ2v) is 7.80. The first-order valence-electron chi connectivity index (χ1n) is 11.1. The number of para-hydroxylation sites is 3. The van der Waals surface area contributed by atoms with Crippen LogP contribution in [0.3, 0.4) is 0 Å². The molecule has 1 N–H and O–H groups in total. The molecule has 0 aliphatic rings. The molecule has 9 nitrogen and oxygen atoms in total. The minimum absolute atomic E-state index is 0.303. The number of carbonyl (C=O) groups is 1. The van der Waals surface area contributed by atoms with Crippen LogP contribution in [0.4, 0.5) is 0 Å². The summed E-state index contributed by atoms with van der Waals surface area (Å²) in [6, 6.07) is 20.3. The first-order chi connectivity index (χ1) is 17.6. The third-order valence-corrected chi connectivity index (χ3v) is 5.60. The lowest BCUT2D eigenvalue weighted by atomic mass is 10.0. The molecule has 9 heteroatoms. The molecule has 180 valence electrons. The van der Waals surface area contributed by atoms with Crippen molar-refractivity contribution in [2.45, 2.75) is 0 Å². The lowest BCUT2D eigenvalue weighted by molar-refractivity contribution is 0.105. The summed E-state index contributed by atoms with van der Waals surface area (Å²) in [5, 5.41) is 8.88. The van der Waals surface area contributed by atoms with Crippen LogP contribution in [-0.4, -0.2) is 52.1 Å². The number of ketones is 1. The zero-order valence-corrected chi connectivity index (χ0v) is 19.9. The number of nitrogens with one attached hydrogen (secondary N) is 1. The van der Waals surface area contributed by atoms with Gasteiger partial charge in [-0.3, -0.25) is 4.79 Å². The average Bonchev–Trinajstić information content (AvgIpc) is 3.58. The highest BCUT2D eigenvalue weighted by atomic mass is 16.5. The van der Waals surface area contributed by atoms with Crippen molar-refractivity contribution >= 4 is 28.5 Å². The predicted octanol–water partition coefficient (Wildman–Crippen LogP) is 4.59. The number of benzene rings is 3. The van der Waals surface area contributed by atoms with Gasteiger partial charge in [-0.25, -0.2) is 4.98 Å². The quantitative estimate of drug-likeness (QED) is 0.255. The minimum atomic E-state index is -0.303. The highest BCUT2D eigenvalue weighted by Gasteiger charge is 2.23. The second-order valence-electron chi connectivity index (χ2n) is 7.80. The molecule has 0 atom stereocenters. The molecule has 0 fully saturated rings. The molecule has 0 unspecified atom stereocenters. The molecular formula is C27H23N5O4. The number of aromatic nitrogens is 5. The SMILES string of the molecule is COc1cc(C(=O)/C(=C/c2cnn(-c3ccccc3)n2)c2nc3ccccc3[nH]2)cc(OC)c1OC. The normalized spacial score (nSPS) is 11.5. The number of methoxy groups -OCH3 is 3. The zero-order chi connectivity index (χ0) is 25.1. The predicted molar refractivity (Wildman–Crippen MR) is 136 cm³/mol. The van der Waals surface area contributed by atoms with Crippen LogP contribution in [0.5, 0.6) is 17.2 Å². The molecule has 0 aliphatic heterocycles. The number of allylic oxidation sites excluding steroid dienone is 1. The monoisotopic (exact) mass is 481 g/mol. The van der Waals surface area contributed by atoms with E-state index in [4.69, 9.17) is 14.2 Å². The Morgan fingerprint density at radius 1 is 0.917 bits per heavy atom. The Bertz CT molecular complexity index is 1510. The van der Waals surface area contributed by atoms with Crippen molar-refractivity contribution in [3.63, 3.8) is 0 Å². The van der Waals surface area contributed by atoms with E-state index >= 15 is 0 Å². The fourth-order valence-electron chi connectivity index (χ4n) is 3.86. The topological polar surface area (TPSA) is 104 Å². The van der Waals surface area contributed by atoms with Crippen molar-refractivity contribution in [2.24, 2.45) is 0 Å². The molecule has 0 amide bonds. The number of hydrogen-bond acceptors (Lipinski definition) is 7. The first kappa shape index (κ1) is 22.9. The molecule has 3 aromatic carbocycles. The number of Topliss-reactive ketones (excluding diaryl/α,β-unsaturated/α-hetero) is 1. The molecular weight excluding hydrogens is 458 g/mol. The molecule has 36 heavy (non-hydrogen) atoms. The largest absolute Gasteiger partial charge is 0.493 e. The third kappa shape index (κ3) is 4.29. The first-order valence-corrected chi connectivity index (χ1v) is 11.1. The zero-order valence-electron chi connectivity index (χ0n) is 19.9. The second kappa shape index (κ2) is 9.75. The number of H-pyrrole nitrogens is 1. The van der Waals surface area contributed by atoms with Crippen molar-refractivity contribution in [2.75, 3.05) is 21.3 Å². The van der Waals surface area contributed by atoms with E-state index in [0.29, 0.717) is 39.9 Å². The van der Waals surface area contributed by atoms with Gasteiger partial charge in [-0.2, -0.15) is 9.90 Å². The van der Waals surface area contributed by atoms with Crippen LogP contribution in [-0.2, 0) is 0 Å². The Morgan fingerprint density at radius 2 is 1.61 bits per heavy atom. The molecule has 0 radical (unpaired) electrons. The smallest absolute Gasteiger partial charge is 0.203 e. The number of fused-ring (bicyclic) bond motifs is 1. The summed E-state index contributed by atoms with van der Waals surface area (Å²) in [5.41, 5.74) is 3.49. The molecule has 2 aromatic heterocycles. The van der Waals surface area contributed by atoms with Crippen LogP contribution in [0.1, 0.15) is 21.9 Å². The van der Waals surface area contributed by atoms with Gasteiger partial charge >= 0.3 is 0 Å². The number of nitrogens with zero attached hydrogens (tertiary/aromatic N) is 4. The Morgan fingerprint density at radius 3 is 2.28 bits per heavy atom. The Hall–Kier alpha value is -4.92. The van der Waals surface area contributed by atoms with E-state index in [-0.39, 0.29) is 5.78 Å². The maximum absolute atomic E-state index is 13.9. The van der Waals surface area contributed by atoms with E-state index in [0.717, 1.165) is 16.7 Å². The Balaban J connectivity index is 1.64. The molecule has 0 aliphatic carbocycles. The standard InChI is InChI=1S/C27H23N5O4/c1-34-23-13-17(14-24(35-2)26(23)36-3)25(33)20(27-29-21-11-7-8-12-22(21)30-27)15-18-16-28-32(31-18)19-9-5-4-6-10-19/h4-16H,1-3H3,(H,29,30)/b20-15-. The van der Waals surface area contributed by atoms with Gasteiger partial charge in [0.05, 0.1) is 49.8 Å². The Kier molecular flexibility index (Phi) is 6.19. The summed E-state index contributed by atoms with van der Waals surface area (Å²) >= 11 is 0. The number of hydrogen-bond donors (Lipinski definition) is 1. The lowest BCUT2D eigenvalue weighted by Gasteiger charge is -2.14. The third-order valence-electron chi connectivity index (χ3n) is 5.60. The van der Waals surface area contributed by atoms with Crippen molar-refractivity contribution < 1.29 is 19.0 Å². The Labute approximate surface area is 207 Å². The molecule has 0 bridgehead atoms. The van der Waals surface area contributed by atoms with Crippen LogP contribution in [0, 0.1) is 0 Å². The fraction of sp³-hybridized carbons (Fsp3) is 0.111. The van der Waals surface area contributed by atoms with E-state index in [1.165, 1.54) is 26.1 Å². The highest BCUT2D eigenvalue weighted by Crippen LogP contribution is 2.39. The van der Waals surface area contributed by atoms with Crippen LogP contribution in [0.15, 0.2) is 72.9 Å². The van der Waals surface area contributed by atoms with Crippen molar-refractivity contribution in [3.05, 3.63) is 90.0 Å². The van der Waals surface area contributed by atoms with E-state index in [9.17, 15) is 4.79 Å². The van der Waals surface area contributed by atoms with Gasteiger partial charge in [0.2, 0.25) is 5.75 Å². The summed E-state index contributed by atoms with van der Waals surface area (Å²) in [7, 11) is 4.52. The van der Waals surface area contributed by atoms with Crippen molar-refractivity contribution in [1.82, 2.24) is 25.0 Å². The lowest BCUT2D eigenvalue weighted by Crippen LogP contribution is -2.07. The number of imidazole rings is 1. The number of ether oxygens (including phenoxy) is 3. The number of rotatable bonds is 8. The van der Waals surface area contributed by atoms with E-state index < -0.39 is 0 Å². The highest BCUT2D eigenvalue weighted by molar-refractivity contribution is 6.32. The molecule has 5 rings (SSSR count). The van der Waals surface area contributed by atoms with E-state index in [1.807, 2.05) is 54.6 Å². The number of aromatic amines is 1. The van der Waals surface area contributed by atoms with Crippen LogP contribution < -0.4 is 14.2 Å². The molecule has 2 heterocycles. The molecule has 5 aromatic rings. The fourth-order valence-corrected chi connectivity index (χ4v) is 3.86. The van der Waals surface area contributed by atoms with Gasteiger partial charge in [0, 0.05) is 5.56 Å². The van der Waals surface area contributed by atoms with Gasteiger partial charge < -0.3 is 19.2 Å². The summed E-state index contributed by atoms with van der Waals surface area (Å²) in [6.07, 6.45) is 3.26. The van der Waals surface area contributed by atoms with Gasteiger partial charge in [-0.15, -0.1) is 5.10 Å². The van der Waals surface area contributed by atoms with Gasteiger partial charge in [0.1, 0.15) is 11.5 Å². The van der Waals surface area contributed by atoms with E-state index in [1.54, 1.807) is 24.4 Å². The summed E-state index contributed by atoms with van der Waals surface area (Å²) in [5.74, 6) is 1.25. The van der Waals surface area contributed by atoms with Crippen LogP contribution >= 0.6 is 0 Å². The van der Waals surface area contributed by atoms with Gasteiger partial charge in [-0.1, -0.05) is 30.3 Å². The van der Waals surface area contributed by atoms with Crippen LogP contribution in [0.25, 0.3) is 28.4 Å². The molecule has 0 spiro atoms. The summed E-state index contributed by atoms with van der Waals surface area (Å²) in [4.78, 5) is 23.3. The van der Waals surface area contributed by atoms with Crippen molar-refractivity contribution in [3.8, 4) is 22.9 Å². The summed E-state index contributed by atoms with van der Waals surface area (Å²) < 4.78 is 16.3. The maximum Gasteiger partial charge on any atom is 0.203 e. The van der Waals surface area contributed by atoms with E-state index in [2.05, 4.69) is 20.2 Å². The minimum Gasteiger partial charge on any atom is -0.493 e. The maximum atomic E-state index is 13.9. The van der Waals surface area contributed by atoms with Crippen LogP contribution in [0.2, 0.25) is 0 Å². The summed E-state index contributed by atoms with van der Waals surface area (Å²) in [6.45, 7) is 0. The number of carbonyl (C=O) groups excluding carboxylic acids is 1. The van der Waals surface area contributed by atoms with Gasteiger partial charge in [0.25, 0.3) is 0 Å². The molecule has 0 saturated heterocycles. The van der Waals surface area contributed by atoms with Gasteiger partial charge in [0.15, 0.2) is 17.3 Å². The van der Waals surface area contributed by atoms with Gasteiger partial charge in [-0.05, 0) is 42.5 Å². The van der Waals surface area contributed by atoms with Crippen molar-refractivity contribution in [1.29, 1.82) is 0 Å². The molecule has 0 saturated carbocycles.